The fraction of sp³-hybridized carbons (Fsp3) is 0.353. The van der Waals surface area contributed by atoms with Crippen LogP contribution in [0.1, 0.15) is 17.5 Å². The van der Waals surface area contributed by atoms with Crippen molar-refractivity contribution in [2.45, 2.75) is 25.9 Å². The van der Waals surface area contributed by atoms with Crippen molar-refractivity contribution < 1.29 is 9.59 Å². The normalized spacial score (nSPS) is 17.2. The van der Waals surface area contributed by atoms with Crippen LogP contribution in [0, 0.1) is 6.92 Å². The van der Waals surface area contributed by atoms with Crippen molar-refractivity contribution in [1.29, 1.82) is 0 Å². The van der Waals surface area contributed by atoms with Gasteiger partial charge in [-0.25, -0.2) is 4.79 Å². The highest BCUT2D eigenvalue weighted by molar-refractivity contribution is 5.94. The van der Waals surface area contributed by atoms with Gasteiger partial charge in [0.2, 0.25) is 5.91 Å². The van der Waals surface area contributed by atoms with Gasteiger partial charge in [0.05, 0.1) is 12.7 Å². The number of carbonyl (C=O) groups excluding carboxylic acids is 2. The minimum atomic E-state index is -0.433. The lowest BCUT2D eigenvalue weighted by molar-refractivity contribution is -0.128. The average molecular weight is 327 g/mol. The lowest BCUT2D eigenvalue weighted by Gasteiger charge is -2.13. The van der Waals surface area contributed by atoms with E-state index in [0.29, 0.717) is 25.2 Å². The number of benzene rings is 1. The minimum absolute atomic E-state index is 0.0463. The Morgan fingerprint density at radius 2 is 2.08 bits per heavy atom. The van der Waals surface area contributed by atoms with Crippen LogP contribution < -0.4 is 10.6 Å². The van der Waals surface area contributed by atoms with Crippen LogP contribution in [0.5, 0.6) is 0 Å². The van der Waals surface area contributed by atoms with Crippen molar-refractivity contribution in [3.05, 3.63) is 47.8 Å². The van der Waals surface area contributed by atoms with Crippen LogP contribution >= 0.6 is 0 Å². The molecular weight excluding hydrogens is 306 g/mol. The number of amides is 3. The van der Waals surface area contributed by atoms with E-state index in [4.69, 9.17) is 0 Å². The molecule has 1 aliphatic heterocycles. The molecule has 0 aliphatic carbocycles. The number of anilines is 1. The highest BCUT2D eigenvalue weighted by Gasteiger charge is 2.30. The molecule has 1 aliphatic rings. The molecule has 3 amide bonds. The number of nitrogens with zero attached hydrogens (tertiary/aromatic N) is 3. The third kappa shape index (κ3) is 3.73. The third-order valence-corrected chi connectivity index (χ3v) is 4.05. The summed E-state index contributed by atoms with van der Waals surface area (Å²) in [5, 5.41) is 9.72. The number of likely N-dealkylation sites (tertiary alicyclic amines) is 1. The number of nitrogens with one attached hydrogen (secondary N) is 2. The Balaban J connectivity index is 1.54. The number of carbonyl (C=O) groups is 2. The van der Waals surface area contributed by atoms with Gasteiger partial charge in [-0.3, -0.25) is 9.48 Å². The van der Waals surface area contributed by atoms with E-state index >= 15 is 0 Å². The molecule has 126 valence electrons. The molecular formula is C17H21N5O2. The number of urea groups is 1. The summed E-state index contributed by atoms with van der Waals surface area (Å²) in [6, 6.07) is 6.78. The van der Waals surface area contributed by atoms with Crippen LogP contribution in [0.25, 0.3) is 0 Å². The first-order valence-electron chi connectivity index (χ1n) is 7.92. The number of aryl methyl sites for hydroxylation is 1. The zero-order chi connectivity index (χ0) is 17.1. The van der Waals surface area contributed by atoms with Crippen molar-refractivity contribution in [1.82, 2.24) is 20.0 Å². The fourth-order valence-electron chi connectivity index (χ4n) is 2.72. The molecule has 0 unspecified atom stereocenters. The van der Waals surface area contributed by atoms with E-state index in [9.17, 15) is 9.59 Å². The van der Waals surface area contributed by atoms with E-state index < -0.39 is 6.04 Å². The van der Waals surface area contributed by atoms with Crippen LogP contribution in [-0.4, -0.2) is 46.3 Å². The summed E-state index contributed by atoms with van der Waals surface area (Å²) in [6.45, 7) is 3.36. The molecule has 3 rings (SSSR count). The average Bonchev–Trinajstić information content (AvgIpc) is 3.09. The van der Waals surface area contributed by atoms with Gasteiger partial charge in [-0.1, -0.05) is 12.1 Å². The molecule has 0 bridgehead atoms. The van der Waals surface area contributed by atoms with Crippen molar-refractivity contribution in [3.8, 4) is 0 Å². The third-order valence-electron chi connectivity index (χ3n) is 4.05. The molecule has 1 aromatic carbocycles. The number of hydrogen-bond donors (Lipinski definition) is 2. The first kappa shape index (κ1) is 16.0. The topological polar surface area (TPSA) is 79.3 Å². The minimum Gasteiger partial charge on any atom is -0.344 e. The molecule has 2 N–H and O–H groups in total. The Labute approximate surface area is 140 Å². The van der Waals surface area contributed by atoms with E-state index in [1.807, 2.05) is 48.3 Å². The number of likely N-dealkylation sites (N-methyl/N-ethyl adjacent to an activating group) is 1. The zero-order valence-electron chi connectivity index (χ0n) is 13.8. The van der Waals surface area contributed by atoms with Gasteiger partial charge in [0, 0.05) is 25.5 Å². The van der Waals surface area contributed by atoms with E-state index in [1.54, 1.807) is 11.9 Å². The maximum absolute atomic E-state index is 12.0. The summed E-state index contributed by atoms with van der Waals surface area (Å²) in [7, 11) is 1.74. The second-order valence-electron chi connectivity index (χ2n) is 6.11. The Morgan fingerprint density at radius 1 is 1.33 bits per heavy atom. The molecule has 1 fully saturated rings. The summed E-state index contributed by atoms with van der Waals surface area (Å²) in [4.78, 5) is 25.4. The molecule has 2 aromatic rings. The molecule has 24 heavy (non-hydrogen) atoms. The van der Waals surface area contributed by atoms with Gasteiger partial charge in [0.15, 0.2) is 0 Å². The highest BCUT2D eigenvalue weighted by atomic mass is 16.2. The van der Waals surface area contributed by atoms with E-state index in [1.165, 1.54) is 0 Å². The van der Waals surface area contributed by atoms with Gasteiger partial charge >= 0.3 is 6.03 Å². The maximum Gasteiger partial charge on any atom is 0.319 e. The molecule has 2 heterocycles. The highest BCUT2D eigenvalue weighted by Crippen LogP contribution is 2.12. The standard InChI is InChI=1S/C17H21N5O2/c1-12-9-18-22(10-12)11-13-3-5-14(6-4-13)19-17(24)20-15-7-8-21(2)16(15)23/h3-6,9-10,15H,7-8,11H2,1-2H3,(H2,19,20,24)/t15-/m1/s1. The van der Waals surface area contributed by atoms with Crippen LogP contribution in [0.4, 0.5) is 10.5 Å². The van der Waals surface area contributed by atoms with Gasteiger partial charge < -0.3 is 15.5 Å². The van der Waals surface area contributed by atoms with Crippen molar-refractivity contribution in [2.24, 2.45) is 0 Å². The lowest BCUT2D eigenvalue weighted by Crippen LogP contribution is -2.42. The summed E-state index contributed by atoms with van der Waals surface area (Å²) in [6.07, 6.45) is 4.45. The number of rotatable bonds is 4. The van der Waals surface area contributed by atoms with E-state index in [-0.39, 0.29) is 11.9 Å². The second-order valence-corrected chi connectivity index (χ2v) is 6.11. The quantitative estimate of drug-likeness (QED) is 0.895. The first-order chi connectivity index (χ1) is 11.5. The van der Waals surface area contributed by atoms with Crippen LogP contribution in [0.15, 0.2) is 36.7 Å². The van der Waals surface area contributed by atoms with Crippen molar-refractivity contribution >= 4 is 17.6 Å². The zero-order valence-corrected chi connectivity index (χ0v) is 13.8. The number of aromatic nitrogens is 2. The maximum atomic E-state index is 12.0. The van der Waals surface area contributed by atoms with Crippen molar-refractivity contribution in [2.75, 3.05) is 18.9 Å². The van der Waals surface area contributed by atoms with Crippen LogP contribution in [0.3, 0.4) is 0 Å². The predicted octanol–water partition coefficient (Wildman–Crippen LogP) is 1.59. The van der Waals surface area contributed by atoms with Crippen LogP contribution in [0.2, 0.25) is 0 Å². The molecule has 0 spiro atoms. The SMILES string of the molecule is Cc1cnn(Cc2ccc(NC(=O)N[C@@H]3CCN(C)C3=O)cc2)c1. The van der Waals surface area contributed by atoms with Gasteiger partial charge in [0.25, 0.3) is 0 Å². The lowest BCUT2D eigenvalue weighted by atomic mass is 10.2. The van der Waals surface area contributed by atoms with E-state index in [0.717, 1.165) is 11.1 Å². The molecule has 7 heteroatoms. The molecule has 1 saturated heterocycles. The van der Waals surface area contributed by atoms with Gasteiger partial charge in [0.1, 0.15) is 6.04 Å². The molecule has 7 nitrogen and oxygen atoms in total. The molecule has 1 aromatic heterocycles. The summed E-state index contributed by atoms with van der Waals surface area (Å²) in [5.74, 6) is -0.0463. The van der Waals surface area contributed by atoms with Crippen LogP contribution in [-0.2, 0) is 11.3 Å². The summed E-state index contributed by atoms with van der Waals surface area (Å²) >= 11 is 0. The summed E-state index contributed by atoms with van der Waals surface area (Å²) < 4.78 is 1.87. The van der Waals surface area contributed by atoms with Gasteiger partial charge in [-0.05, 0) is 36.6 Å². The molecule has 1 atom stereocenters. The fourth-order valence-corrected chi connectivity index (χ4v) is 2.72. The second kappa shape index (κ2) is 6.74. The monoisotopic (exact) mass is 327 g/mol. The first-order valence-corrected chi connectivity index (χ1v) is 7.92. The largest absolute Gasteiger partial charge is 0.344 e. The van der Waals surface area contributed by atoms with Gasteiger partial charge in [-0.2, -0.15) is 5.10 Å². The predicted molar refractivity (Wildman–Crippen MR) is 90.7 cm³/mol. The molecule has 0 radical (unpaired) electrons. The number of hydrogen-bond acceptors (Lipinski definition) is 3. The van der Waals surface area contributed by atoms with Gasteiger partial charge in [-0.15, -0.1) is 0 Å². The smallest absolute Gasteiger partial charge is 0.319 e. The van der Waals surface area contributed by atoms with Crippen molar-refractivity contribution in [3.63, 3.8) is 0 Å². The van der Waals surface area contributed by atoms with E-state index in [2.05, 4.69) is 15.7 Å². The molecule has 0 saturated carbocycles. The Hall–Kier alpha value is -2.83. The summed E-state index contributed by atoms with van der Waals surface area (Å²) in [5.41, 5.74) is 2.90. The Morgan fingerprint density at radius 3 is 2.67 bits per heavy atom. The Kier molecular flexibility index (Phi) is 4.50. The Bertz CT molecular complexity index is 738.